The number of ether oxygens (including phenoxy) is 3. The average molecular weight is 390 g/mol. The van der Waals surface area contributed by atoms with Crippen LogP contribution >= 0.6 is 0 Å². The van der Waals surface area contributed by atoms with E-state index in [-0.39, 0.29) is 0 Å². The summed E-state index contributed by atoms with van der Waals surface area (Å²) in [6.45, 7) is 3.47. The van der Waals surface area contributed by atoms with E-state index in [0.717, 1.165) is 36.0 Å². The van der Waals surface area contributed by atoms with E-state index < -0.39 is 0 Å². The van der Waals surface area contributed by atoms with Gasteiger partial charge in [0, 0.05) is 13.1 Å². The van der Waals surface area contributed by atoms with E-state index in [1.54, 1.807) is 0 Å². The van der Waals surface area contributed by atoms with Gasteiger partial charge in [0.1, 0.15) is 24.7 Å². The van der Waals surface area contributed by atoms with Crippen molar-refractivity contribution in [1.82, 2.24) is 0 Å². The maximum absolute atomic E-state index is 5.91. The van der Waals surface area contributed by atoms with Crippen LogP contribution in [0.5, 0.6) is 11.5 Å². The Balaban J connectivity index is 1.53. The maximum atomic E-state index is 5.91. The molecular formula is C24H26N2O3. The lowest BCUT2D eigenvalue weighted by Gasteiger charge is -2.16. The fraction of sp³-hybridized carbons (Fsp3) is 0.250. The molecule has 2 bridgehead atoms. The van der Waals surface area contributed by atoms with Gasteiger partial charge in [0.15, 0.2) is 0 Å². The van der Waals surface area contributed by atoms with E-state index in [2.05, 4.69) is 34.9 Å². The number of fused-ring (bicyclic) bond motifs is 4. The number of anilines is 2. The molecule has 2 N–H and O–H groups in total. The van der Waals surface area contributed by atoms with Crippen molar-refractivity contribution in [2.45, 2.75) is 13.1 Å². The molecule has 0 spiro atoms. The number of para-hydroxylation sites is 4. The standard InChI is InChI=1S/C24H26N2O3/c1-3-10-23-21(8-1)25-17-19-6-5-7-20(16-19)18-26-22-9-2-4-11-24(22)29-15-13-27-12-14-28-23/h1-11,16,25-26H,12-15,17-18H2. The van der Waals surface area contributed by atoms with Gasteiger partial charge in [-0.25, -0.2) is 0 Å². The van der Waals surface area contributed by atoms with Gasteiger partial charge in [-0.3, -0.25) is 0 Å². The Morgan fingerprint density at radius 2 is 1.07 bits per heavy atom. The lowest BCUT2D eigenvalue weighted by Crippen LogP contribution is -2.13. The molecule has 4 rings (SSSR count). The third-order valence-electron chi connectivity index (χ3n) is 4.70. The highest BCUT2D eigenvalue weighted by atomic mass is 16.5. The van der Waals surface area contributed by atoms with E-state index in [4.69, 9.17) is 14.2 Å². The van der Waals surface area contributed by atoms with Crippen LogP contribution in [0.2, 0.25) is 0 Å². The quantitative estimate of drug-likeness (QED) is 0.583. The third-order valence-corrected chi connectivity index (χ3v) is 4.70. The zero-order valence-corrected chi connectivity index (χ0v) is 16.4. The van der Waals surface area contributed by atoms with Crippen molar-refractivity contribution < 1.29 is 14.2 Å². The van der Waals surface area contributed by atoms with Crippen LogP contribution < -0.4 is 20.1 Å². The first-order chi connectivity index (χ1) is 14.4. The first-order valence-corrected chi connectivity index (χ1v) is 9.95. The van der Waals surface area contributed by atoms with Crippen LogP contribution in [0.1, 0.15) is 11.1 Å². The molecule has 0 aromatic heterocycles. The fourth-order valence-corrected chi connectivity index (χ4v) is 3.24. The summed E-state index contributed by atoms with van der Waals surface area (Å²) in [5.41, 5.74) is 4.39. The normalized spacial score (nSPS) is 15.0. The molecule has 0 aliphatic carbocycles. The van der Waals surface area contributed by atoms with Crippen LogP contribution in [-0.2, 0) is 17.8 Å². The Morgan fingerprint density at radius 1 is 0.552 bits per heavy atom. The van der Waals surface area contributed by atoms with Crippen LogP contribution in [0.25, 0.3) is 0 Å². The zero-order chi connectivity index (χ0) is 19.7. The number of nitrogens with one attached hydrogen (secondary N) is 2. The Morgan fingerprint density at radius 3 is 1.62 bits per heavy atom. The van der Waals surface area contributed by atoms with Crippen LogP contribution in [0.4, 0.5) is 11.4 Å². The maximum Gasteiger partial charge on any atom is 0.142 e. The number of benzene rings is 3. The molecule has 0 saturated carbocycles. The van der Waals surface area contributed by atoms with Crippen molar-refractivity contribution in [2.75, 3.05) is 37.1 Å². The van der Waals surface area contributed by atoms with Crippen LogP contribution in [-0.4, -0.2) is 26.4 Å². The van der Waals surface area contributed by atoms with Gasteiger partial charge in [-0.1, -0.05) is 48.5 Å². The van der Waals surface area contributed by atoms with Crippen LogP contribution in [0, 0.1) is 0 Å². The summed E-state index contributed by atoms with van der Waals surface area (Å²) in [5, 5.41) is 6.97. The minimum absolute atomic E-state index is 0.492. The Kier molecular flexibility index (Phi) is 6.50. The summed E-state index contributed by atoms with van der Waals surface area (Å²) in [5.74, 6) is 1.67. The molecule has 150 valence electrons. The van der Waals surface area contributed by atoms with Crippen molar-refractivity contribution in [3.05, 3.63) is 83.9 Å². The Hall–Kier alpha value is -3.18. The lowest BCUT2D eigenvalue weighted by molar-refractivity contribution is 0.0767. The largest absolute Gasteiger partial charge is 0.489 e. The molecule has 0 saturated heterocycles. The monoisotopic (exact) mass is 390 g/mol. The molecule has 5 nitrogen and oxygen atoms in total. The fourth-order valence-electron chi connectivity index (χ4n) is 3.24. The van der Waals surface area contributed by atoms with Gasteiger partial charge in [-0.2, -0.15) is 0 Å². The molecule has 1 aliphatic rings. The second-order valence-electron chi connectivity index (χ2n) is 6.83. The van der Waals surface area contributed by atoms with Gasteiger partial charge < -0.3 is 24.8 Å². The summed E-state index contributed by atoms with van der Waals surface area (Å²) in [6.07, 6.45) is 0. The van der Waals surface area contributed by atoms with Crippen molar-refractivity contribution in [1.29, 1.82) is 0 Å². The van der Waals surface area contributed by atoms with Crippen molar-refractivity contribution >= 4 is 11.4 Å². The third kappa shape index (κ3) is 5.42. The molecule has 1 heterocycles. The highest BCUT2D eigenvalue weighted by molar-refractivity contribution is 5.57. The van der Waals surface area contributed by atoms with Crippen molar-refractivity contribution in [3.63, 3.8) is 0 Å². The molecule has 0 radical (unpaired) electrons. The molecule has 0 atom stereocenters. The first kappa shape index (κ1) is 19.2. The first-order valence-electron chi connectivity index (χ1n) is 9.95. The highest BCUT2D eigenvalue weighted by Crippen LogP contribution is 2.26. The molecule has 0 fully saturated rings. The molecular weight excluding hydrogens is 364 g/mol. The summed E-state index contributed by atoms with van der Waals surface area (Å²) in [7, 11) is 0. The van der Waals surface area contributed by atoms with Gasteiger partial charge in [0.05, 0.1) is 24.6 Å². The average Bonchev–Trinajstić information content (AvgIpc) is 2.77. The molecule has 3 aromatic carbocycles. The Labute approximate surface area is 171 Å². The second-order valence-corrected chi connectivity index (χ2v) is 6.83. The number of hydrogen-bond donors (Lipinski definition) is 2. The van der Waals surface area contributed by atoms with Crippen LogP contribution in [0.3, 0.4) is 0 Å². The van der Waals surface area contributed by atoms with E-state index in [0.29, 0.717) is 26.4 Å². The van der Waals surface area contributed by atoms with E-state index in [9.17, 15) is 0 Å². The molecule has 0 amide bonds. The number of rotatable bonds is 0. The van der Waals surface area contributed by atoms with Gasteiger partial charge in [0.2, 0.25) is 0 Å². The van der Waals surface area contributed by atoms with E-state index in [1.165, 1.54) is 11.1 Å². The van der Waals surface area contributed by atoms with Gasteiger partial charge in [-0.05, 0) is 35.4 Å². The predicted molar refractivity (Wildman–Crippen MR) is 116 cm³/mol. The predicted octanol–water partition coefficient (Wildman–Crippen LogP) is 4.70. The van der Waals surface area contributed by atoms with E-state index >= 15 is 0 Å². The molecule has 1 aliphatic heterocycles. The molecule has 5 heteroatoms. The van der Waals surface area contributed by atoms with Crippen LogP contribution in [0.15, 0.2) is 72.8 Å². The number of hydrogen-bond acceptors (Lipinski definition) is 5. The smallest absolute Gasteiger partial charge is 0.142 e. The van der Waals surface area contributed by atoms with Gasteiger partial charge in [0.25, 0.3) is 0 Å². The molecule has 3 aromatic rings. The summed E-state index contributed by atoms with van der Waals surface area (Å²) >= 11 is 0. The van der Waals surface area contributed by atoms with Gasteiger partial charge in [-0.15, -0.1) is 0 Å². The molecule has 29 heavy (non-hydrogen) atoms. The minimum atomic E-state index is 0.492. The summed E-state index contributed by atoms with van der Waals surface area (Å²) in [6, 6.07) is 24.5. The zero-order valence-electron chi connectivity index (χ0n) is 16.4. The lowest BCUT2D eigenvalue weighted by atomic mass is 10.1. The van der Waals surface area contributed by atoms with Gasteiger partial charge >= 0.3 is 0 Å². The summed E-state index contributed by atoms with van der Waals surface area (Å²) in [4.78, 5) is 0. The summed E-state index contributed by atoms with van der Waals surface area (Å²) < 4.78 is 17.5. The minimum Gasteiger partial charge on any atom is -0.489 e. The molecule has 0 unspecified atom stereocenters. The SMILES string of the molecule is c1cc2cc(c1)CNc1ccccc1OCCOCCOc1ccccc1NC2. The second kappa shape index (κ2) is 9.85. The van der Waals surface area contributed by atoms with Crippen molar-refractivity contribution in [2.24, 2.45) is 0 Å². The van der Waals surface area contributed by atoms with E-state index in [1.807, 2.05) is 48.5 Å². The topological polar surface area (TPSA) is 51.8 Å². The Bertz CT molecular complexity index is 859. The van der Waals surface area contributed by atoms with Crippen molar-refractivity contribution in [3.8, 4) is 11.5 Å². The highest BCUT2D eigenvalue weighted by Gasteiger charge is 2.06.